The van der Waals surface area contributed by atoms with Crippen molar-refractivity contribution >= 4 is 56.7 Å². The molecular weight excluding hydrogens is 713 g/mol. The first-order valence-electron chi connectivity index (χ1n) is 15.1. The van der Waals surface area contributed by atoms with Crippen molar-refractivity contribution in [1.82, 2.24) is 0 Å². The van der Waals surface area contributed by atoms with E-state index in [4.69, 9.17) is 22.9 Å². The third-order valence-corrected chi connectivity index (χ3v) is 10.6. The third kappa shape index (κ3) is 9.55. The Balaban J connectivity index is 0.000000281. The lowest BCUT2D eigenvalue weighted by molar-refractivity contribution is -0.388. The highest BCUT2D eigenvalue weighted by Crippen LogP contribution is 2.38. The molecule has 4 aromatic carbocycles. The maximum Gasteiger partial charge on any atom is 0.289 e. The van der Waals surface area contributed by atoms with Crippen LogP contribution in [0.25, 0.3) is 0 Å². The van der Waals surface area contributed by atoms with Gasteiger partial charge in [-0.2, -0.15) is 9.98 Å². The van der Waals surface area contributed by atoms with Gasteiger partial charge in [0.1, 0.15) is 4.90 Å². The topological polar surface area (TPSA) is 283 Å². The number of nitrogens with zero attached hydrogens (tertiary/aromatic N) is 4. The van der Waals surface area contributed by atoms with Gasteiger partial charge in [-0.15, -0.1) is 0 Å². The van der Waals surface area contributed by atoms with E-state index in [9.17, 15) is 38.2 Å². The Kier molecular flexibility index (Phi) is 12.6. The van der Waals surface area contributed by atoms with Crippen molar-refractivity contribution in [3.8, 4) is 0 Å². The number of sulfone groups is 1. The van der Waals surface area contributed by atoms with Gasteiger partial charge in [0, 0.05) is 17.0 Å². The third-order valence-electron chi connectivity index (χ3n) is 7.39. The number of benzene rings is 4. The predicted octanol–water partition coefficient (Wildman–Crippen LogP) is 4.85. The van der Waals surface area contributed by atoms with Crippen LogP contribution in [0.3, 0.4) is 0 Å². The molecule has 0 spiro atoms. The first kappa shape index (κ1) is 40.3. The standard InChI is InChI=1S/C17H18N4O5S.C17H18N4O3S/c1-9-4-5-14(11(3)6-9)27(25,26)15-7-10(2)12(8-13(15)21(23)24)16(22)20-17(18)19;1-9-4-5-14(11(3)6-9)25-15-7-10(2)12(8-13(15)21(23)24)16(22)20-17(18)19/h4-8H,1-3H3,(H4,18,19,20,22);4-8H,1-3H3,(H4,18,19,20,22). The molecule has 0 saturated heterocycles. The van der Waals surface area contributed by atoms with Crippen LogP contribution in [0.5, 0.6) is 0 Å². The van der Waals surface area contributed by atoms with Crippen molar-refractivity contribution in [3.05, 3.63) is 125 Å². The highest BCUT2D eigenvalue weighted by molar-refractivity contribution is 7.99. The zero-order valence-electron chi connectivity index (χ0n) is 29.0. The second kappa shape index (κ2) is 16.3. The van der Waals surface area contributed by atoms with E-state index in [0.29, 0.717) is 16.0 Å². The number of rotatable bonds is 8. The molecule has 0 saturated carbocycles. The van der Waals surface area contributed by atoms with Crippen molar-refractivity contribution in [1.29, 1.82) is 0 Å². The summed E-state index contributed by atoms with van der Waals surface area (Å²) in [7, 11) is -4.19. The fourth-order valence-electron chi connectivity index (χ4n) is 4.99. The minimum atomic E-state index is -4.19. The van der Waals surface area contributed by atoms with Crippen molar-refractivity contribution < 1.29 is 27.9 Å². The van der Waals surface area contributed by atoms with E-state index in [1.54, 1.807) is 39.0 Å². The lowest BCUT2D eigenvalue weighted by Crippen LogP contribution is -2.24. The lowest BCUT2D eigenvalue weighted by atomic mass is 10.1. The molecule has 0 bridgehead atoms. The molecule has 0 aliphatic heterocycles. The van der Waals surface area contributed by atoms with Crippen LogP contribution >= 0.6 is 11.8 Å². The second-order valence-electron chi connectivity index (χ2n) is 11.6. The molecule has 2 amide bonds. The molecule has 16 nitrogen and oxygen atoms in total. The quantitative estimate of drug-likeness (QED) is 0.0812. The van der Waals surface area contributed by atoms with Crippen LogP contribution < -0.4 is 22.9 Å². The first-order chi connectivity index (χ1) is 24.1. The summed E-state index contributed by atoms with van der Waals surface area (Å²) in [6.45, 7) is 10.5. The minimum absolute atomic E-state index is 0.0427. The first-order valence-corrected chi connectivity index (χ1v) is 17.4. The number of carbonyl (C=O) groups is 2. The van der Waals surface area contributed by atoms with Crippen LogP contribution in [-0.4, -0.2) is 42.0 Å². The van der Waals surface area contributed by atoms with Gasteiger partial charge in [0.25, 0.3) is 23.2 Å². The van der Waals surface area contributed by atoms with Crippen molar-refractivity contribution in [3.63, 3.8) is 0 Å². The molecular formula is C34H36N8O8S2. The smallest absolute Gasteiger partial charge is 0.289 e. The van der Waals surface area contributed by atoms with Gasteiger partial charge in [-0.25, -0.2) is 8.42 Å². The van der Waals surface area contributed by atoms with E-state index in [1.165, 1.54) is 30.8 Å². The van der Waals surface area contributed by atoms with E-state index in [1.807, 2.05) is 32.0 Å². The Labute approximate surface area is 303 Å². The molecule has 0 atom stereocenters. The van der Waals surface area contributed by atoms with E-state index >= 15 is 0 Å². The molecule has 18 heteroatoms. The number of aliphatic imine (C=N–C) groups is 2. The Bertz CT molecular complexity index is 2300. The van der Waals surface area contributed by atoms with E-state index in [0.717, 1.165) is 33.7 Å². The fourth-order valence-corrected chi connectivity index (χ4v) is 7.76. The second-order valence-corrected chi connectivity index (χ2v) is 14.6. The molecule has 8 N–H and O–H groups in total. The summed E-state index contributed by atoms with van der Waals surface area (Å²) < 4.78 is 26.1. The molecule has 0 aliphatic carbocycles. The number of amides is 2. The minimum Gasteiger partial charge on any atom is -0.370 e. The maximum absolute atomic E-state index is 13.0. The molecule has 52 heavy (non-hydrogen) atoms. The van der Waals surface area contributed by atoms with Crippen LogP contribution in [0.4, 0.5) is 11.4 Å². The number of nitro groups is 2. The molecule has 0 unspecified atom stereocenters. The van der Waals surface area contributed by atoms with Gasteiger partial charge < -0.3 is 22.9 Å². The molecule has 0 heterocycles. The summed E-state index contributed by atoms with van der Waals surface area (Å²) in [6.07, 6.45) is 0. The molecule has 0 aliphatic rings. The van der Waals surface area contributed by atoms with Crippen LogP contribution in [0.1, 0.15) is 54.1 Å². The Morgan fingerprint density at radius 2 is 1.06 bits per heavy atom. The number of aryl methyl sites for hydroxylation is 6. The monoisotopic (exact) mass is 748 g/mol. The summed E-state index contributed by atoms with van der Waals surface area (Å²) in [4.78, 5) is 53.3. The Morgan fingerprint density at radius 1 is 0.596 bits per heavy atom. The van der Waals surface area contributed by atoms with Crippen LogP contribution in [0, 0.1) is 61.8 Å². The SMILES string of the molecule is Cc1ccc(S(=O)(=O)c2cc(C)c(C(=O)N=C(N)N)cc2[N+](=O)[O-])c(C)c1.Cc1ccc(Sc2cc(C)c(C(=O)N=C(N)N)cc2[N+](=O)[O-])c(C)c1. The molecule has 4 rings (SSSR count). The number of hydrogen-bond acceptors (Lipinski definition) is 9. The summed E-state index contributed by atoms with van der Waals surface area (Å²) in [6, 6.07) is 15.3. The van der Waals surface area contributed by atoms with Gasteiger partial charge in [-0.05, 0) is 88.1 Å². The number of nitrogens with two attached hydrogens (primary N) is 4. The number of guanidine groups is 2. The van der Waals surface area contributed by atoms with E-state index in [-0.39, 0.29) is 33.2 Å². The molecule has 0 radical (unpaired) electrons. The molecule has 272 valence electrons. The highest BCUT2D eigenvalue weighted by Gasteiger charge is 2.31. The Morgan fingerprint density at radius 3 is 1.52 bits per heavy atom. The number of hydrogen-bond donors (Lipinski definition) is 4. The summed E-state index contributed by atoms with van der Waals surface area (Å²) in [5.74, 6) is -2.50. The lowest BCUT2D eigenvalue weighted by Gasteiger charge is -2.11. The zero-order chi connectivity index (χ0) is 39.2. The normalized spacial score (nSPS) is 10.7. The van der Waals surface area contributed by atoms with Crippen LogP contribution in [-0.2, 0) is 9.84 Å². The molecule has 0 fully saturated rings. The zero-order valence-corrected chi connectivity index (χ0v) is 30.6. The molecule has 4 aromatic rings. The van der Waals surface area contributed by atoms with Gasteiger partial charge in [0.15, 0.2) is 11.9 Å². The Hall–Kier alpha value is -6.14. The van der Waals surface area contributed by atoms with Crippen molar-refractivity contribution in [2.24, 2.45) is 32.9 Å². The van der Waals surface area contributed by atoms with Crippen LogP contribution in [0.15, 0.2) is 90.2 Å². The summed E-state index contributed by atoms with van der Waals surface area (Å²) >= 11 is 1.29. The largest absolute Gasteiger partial charge is 0.370 e. The fraction of sp³-hybridized carbons (Fsp3) is 0.176. The average Bonchev–Trinajstić information content (AvgIpc) is 3.01. The van der Waals surface area contributed by atoms with Crippen molar-refractivity contribution in [2.45, 2.75) is 61.1 Å². The maximum atomic E-state index is 13.0. The van der Waals surface area contributed by atoms with Gasteiger partial charge in [0.05, 0.1) is 30.8 Å². The van der Waals surface area contributed by atoms with Gasteiger partial charge in [-0.1, -0.05) is 47.2 Å². The molecule has 0 aromatic heterocycles. The highest BCUT2D eigenvalue weighted by atomic mass is 32.2. The van der Waals surface area contributed by atoms with Crippen LogP contribution in [0.2, 0.25) is 0 Å². The summed E-state index contributed by atoms with van der Waals surface area (Å²) in [5, 5.41) is 22.9. The number of nitro benzene ring substituents is 2. The average molecular weight is 749 g/mol. The van der Waals surface area contributed by atoms with Crippen molar-refractivity contribution in [2.75, 3.05) is 0 Å². The number of carbonyl (C=O) groups excluding carboxylic acids is 2. The summed E-state index contributed by atoms with van der Waals surface area (Å²) in [5.41, 5.74) is 24.0. The van der Waals surface area contributed by atoms with E-state index in [2.05, 4.69) is 9.98 Å². The van der Waals surface area contributed by atoms with Gasteiger partial charge >= 0.3 is 0 Å². The van der Waals surface area contributed by atoms with E-state index < -0.39 is 48.0 Å². The van der Waals surface area contributed by atoms with Gasteiger partial charge in [-0.3, -0.25) is 29.8 Å². The predicted molar refractivity (Wildman–Crippen MR) is 197 cm³/mol. The van der Waals surface area contributed by atoms with Gasteiger partial charge in [0.2, 0.25) is 9.84 Å².